The highest BCUT2D eigenvalue weighted by Crippen LogP contribution is 2.41. The SMILES string of the molecule is COc1ccc2nc(C)cc(C(=O)N=Nc3c(O)n(C(C)C)c4ccc(C)cc34)c2c1. The van der Waals surface area contributed by atoms with Crippen LogP contribution >= 0.6 is 0 Å². The summed E-state index contributed by atoms with van der Waals surface area (Å²) in [6.45, 7) is 7.74. The molecule has 0 unspecified atom stereocenters. The first-order chi connectivity index (χ1) is 14.8. The Kier molecular flexibility index (Phi) is 5.19. The molecule has 2 aromatic heterocycles. The Hall–Kier alpha value is -3.74. The van der Waals surface area contributed by atoms with E-state index in [9.17, 15) is 9.90 Å². The molecule has 0 saturated heterocycles. The number of azo groups is 1. The lowest BCUT2D eigenvalue weighted by atomic mass is 10.1. The molecule has 0 fully saturated rings. The van der Waals surface area contributed by atoms with Gasteiger partial charge in [-0.25, -0.2) is 0 Å². The van der Waals surface area contributed by atoms with E-state index in [-0.39, 0.29) is 17.6 Å². The molecule has 0 aliphatic rings. The third-order valence-corrected chi connectivity index (χ3v) is 5.24. The Morgan fingerprint density at radius 1 is 1.10 bits per heavy atom. The standard InChI is InChI=1S/C24H24N4O3/c1-13(2)28-21-9-6-14(3)10-19(21)22(24(28)30)26-27-23(29)18-11-15(4)25-20-8-7-16(31-5)12-17(18)20/h6-13,30H,1-5H3. The van der Waals surface area contributed by atoms with Crippen molar-refractivity contribution in [3.8, 4) is 11.6 Å². The topological polar surface area (TPSA) is 89.1 Å². The number of hydrogen-bond donors (Lipinski definition) is 1. The number of amides is 1. The van der Waals surface area contributed by atoms with Crippen molar-refractivity contribution in [3.05, 3.63) is 59.3 Å². The van der Waals surface area contributed by atoms with Crippen LogP contribution in [0.15, 0.2) is 52.7 Å². The summed E-state index contributed by atoms with van der Waals surface area (Å²) in [5, 5.41) is 20.4. The van der Waals surface area contributed by atoms with Gasteiger partial charge < -0.3 is 14.4 Å². The number of pyridine rings is 1. The Morgan fingerprint density at radius 3 is 2.58 bits per heavy atom. The lowest BCUT2D eigenvalue weighted by Crippen LogP contribution is -1.99. The molecule has 0 atom stereocenters. The maximum atomic E-state index is 13.0. The molecule has 31 heavy (non-hydrogen) atoms. The number of benzene rings is 2. The molecule has 1 N–H and O–H groups in total. The Balaban J connectivity index is 1.83. The van der Waals surface area contributed by atoms with Gasteiger partial charge in [0.2, 0.25) is 5.88 Å². The second-order valence-corrected chi connectivity index (χ2v) is 7.86. The molecule has 0 bridgehead atoms. The normalized spacial score (nSPS) is 11.8. The summed E-state index contributed by atoms with van der Waals surface area (Å²) >= 11 is 0. The Labute approximate surface area is 180 Å². The van der Waals surface area contributed by atoms with E-state index in [1.165, 1.54) is 0 Å². The van der Waals surface area contributed by atoms with Gasteiger partial charge in [-0.1, -0.05) is 11.6 Å². The minimum Gasteiger partial charge on any atom is -0.497 e. The molecule has 2 aromatic carbocycles. The fourth-order valence-corrected chi connectivity index (χ4v) is 3.81. The number of fused-ring (bicyclic) bond motifs is 2. The molecule has 158 valence electrons. The highest BCUT2D eigenvalue weighted by molar-refractivity contribution is 6.07. The van der Waals surface area contributed by atoms with E-state index in [1.807, 2.05) is 45.9 Å². The average molecular weight is 416 g/mol. The lowest BCUT2D eigenvalue weighted by Gasteiger charge is -2.10. The zero-order valence-corrected chi connectivity index (χ0v) is 18.2. The first kappa shape index (κ1) is 20.5. The van der Waals surface area contributed by atoms with Crippen LogP contribution in [-0.2, 0) is 0 Å². The van der Waals surface area contributed by atoms with E-state index in [1.54, 1.807) is 35.9 Å². The third kappa shape index (κ3) is 3.63. The summed E-state index contributed by atoms with van der Waals surface area (Å²) < 4.78 is 7.07. The van der Waals surface area contributed by atoms with Crippen molar-refractivity contribution in [2.75, 3.05) is 7.11 Å². The first-order valence-corrected chi connectivity index (χ1v) is 10.0. The van der Waals surface area contributed by atoms with Crippen molar-refractivity contribution < 1.29 is 14.6 Å². The summed E-state index contributed by atoms with van der Waals surface area (Å²) in [6, 6.07) is 12.9. The molecule has 0 aliphatic heterocycles. The summed E-state index contributed by atoms with van der Waals surface area (Å²) in [5.41, 5.74) is 3.91. The van der Waals surface area contributed by atoms with Crippen LogP contribution in [0.3, 0.4) is 0 Å². The number of rotatable bonds is 4. The molecule has 7 heteroatoms. The molecule has 0 saturated carbocycles. The number of nitrogens with zero attached hydrogens (tertiary/aromatic N) is 4. The quantitative estimate of drug-likeness (QED) is 0.412. The molecule has 2 heterocycles. The highest BCUT2D eigenvalue weighted by atomic mass is 16.5. The zero-order chi connectivity index (χ0) is 22.3. The van der Waals surface area contributed by atoms with Crippen LogP contribution < -0.4 is 4.74 Å². The number of carbonyl (C=O) groups excluding carboxylic acids is 1. The maximum absolute atomic E-state index is 13.0. The maximum Gasteiger partial charge on any atom is 0.296 e. The van der Waals surface area contributed by atoms with Gasteiger partial charge in [-0.15, -0.1) is 10.2 Å². The van der Waals surface area contributed by atoms with Crippen LogP contribution in [-0.4, -0.2) is 27.7 Å². The smallest absolute Gasteiger partial charge is 0.296 e. The van der Waals surface area contributed by atoms with E-state index in [2.05, 4.69) is 15.2 Å². The molecule has 0 spiro atoms. The highest BCUT2D eigenvalue weighted by Gasteiger charge is 2.19. The van der Waals surface area contributed by atoms with Gasteiger partial charge >= 0.3 is 0 Å². The number of carbonyl (C=O) groups is 1. The van der Waals surface area contributed by atoms with Gasteiger partial charge in [0.25, 0.3) is 5.91 Å². The number of hydrogen-bond acceptors (Lipinski definition) is 5. The van der Waals surface area contributed by atoms with Gasteiger partial charge in [0, 0.05) is 22.5 Å². The van der Waals surface area contributed by atoms with Crippen molar-refractivity contribution in [1.29, 1.82) is 0 Å². The predicted molar refractivity (Wildman–Crippen MR) is 121 cm³/mol. The van der Waals surface area contributed by atoms with Crippen molar-refractivity contribution in [2.24, 2.45) is 10.2 Å². The van der Waals surface area contributed by atoms with Crippen LogP contribution in [0.5, 0.6) is 11.6 Å². The number of methoxy groups -OCH3 is 1. The molecule has 4 aromatic rings. The second kappa shape index (κ2) is 7.83. The van der Waals surface area contributed by atoms with Gasteiger partial charge in [0.1, 0.15) is 5.75 Å². The summed E-state index contributed by atoms with van der Waals surface area (Å²) in [4.78, 5) is 17.5. The number of ether oxygens (including phenoxy) is 1. The fraction of sp³-hybridized carbons (Fsp3) is 0.250. The fourth-order valence-electron chi connectivity index (χ4n) is 3.81. The molecule has 1 amide bonds. The summed E-state index contributed by atoms with van der Waals surface area (Å²) in [5.74, 6) is 0.100. The largest absolute Gasteiger partial charge is 0.497 e. The third-order valence-electron chi connectivity index (χ3n) is 5.24. The summed E-state index contributed by atoms with van der Waals surface area (Å²) in [6.07, 6.45) is 0. The molecular formula is C24H24N4O3. The van der Waals surface area contributed by atoms with Gasteiger partial charge in [0.05, 0.1) is 23.7 Å². The van der Waals surface area contributed by atoms with Crippen LogP contribution in [0.4, 0.5) is 5.69 Å². The molecule has 0 aliphatic carbocycles. The van der Waals surface area contributed by atoms with Gasteiger partial charge in [-0.2, -0.15) is 0 Å². The van der Waals surface area contributed by atoms with E-state index < -0.39 is 5.91 Å². The minimum atomic E-state index is -0.513. The number of aryl methyl sites for hydroxylation is 2. The van der Waals surface area contributed by atoms with Crippen molar-refractivity contribution >= 4 is 33.4 Å². The van der Waals surface area contributed by atoms with Crippen molar-refractivity contribution in [2.45, 2.75) is 33.7 Å². The summed E-state index contributed by atoms with van der Waals surface area (Å²) in [7, 11) is 1.57. The minimum absolute atomic E-state index is 0.00964. The van der Waals surface area contributed by atoms with Gasteiger partial charge in [-0.3, -0.25) is 9.78 Å². The van der Waals surface area contributed by atoms with Crippen LogP contribution in [0.2, 0.25) is 0 Å². The van der Waals surface area contributed by atoms with E-state index in [0.717, 1.165) is 16.5 Å². The monoisotopic (exact) mass is 416 g/mol. The van der Waals surface area contributed by atoms with E-state index in [0.29, 0.717) is 27.9 Å². The second-order valence-electron chi connectivity index (χ2n) is 7.86. The lowest BCUT2D eigenvalue weighted by molar-refractivity contribution is 0.0996. The van der Waals surface area contributed by atoms with Crippen LogP contribution in [0, 0.1) is 13.8 Å². The van der Waals surface area contributed by atoms with Crippen LogP contribution in [0.1, 0.15) is 41.5 Å². The Morgan fingerprint density at radius 2 is 1.87 bits per heavy atom. The molecule has 0 radical (unpaired) electrons. The molecule has 4 rings (SSSR count). The molecule has 7 nitrogen and oxygen atoms in total. The Bertz CT molecular complexity index is 1350. The van der Waals surface area contributed by atoms with E-state index >= 15 is 0 Å². The van der Waals surface area contributed by atoms with Gasteiger partial charge in [-0.05, 0) is 64.1 Å². The van der Waals surface area contributed by atoms with Crippen LogP contribution in [0.25, 0.3) is 21.8 Å². The predicted octanol–water partition coefficient (Wildman–Crippen LogP) is 6.03. The van der Waals surface area contributed by atoms with Crippen molar-refractivity contribution in [1.82, 2.24) is 9.55 Å². The van der Waals surface area contributed by atoms with Gasteiger partial charge in [0.15, 0.2) is 5.69 Å². The average Bonchev–Trinajstić information content (AvgIpc) is 3.01. The first-order valence-electron chi connectivity index (χ1n) is 10.0. The van der Waals surface area contributed by atoms with Crippen molar-refractivity contribution in [3.63, 3.8) is 0 Å². The number of aromatic nitrogens is 2. The zero-order valence-electron chi connectivity index (χ0n) is 18.2. The number of aromatic hydroxyl groups is 1. The molecular weight excluding hydrogens is 392 g/mol. The van der Waals surface area contributed by atoms with E-state index in [4.69, 9.17) is 4.74 Å².